The van der Waals surface area contributed by atoms with Crippen molar-refractivity contribution < 1.29 is 13.6 Å². The third kappa shape index (κ3) is 4.64. The highest BCUT2D eigenvalue weighted by Crippen LogP contribution is 2.41. The molecule has 1 aromatic heterocycles. The van der Waals surface area contributed by atoms with E-state index in [-0.39, 0.29) is 16.9 Å². The average molecular weight is 472 g/mol. The van der Waals surface area contributed by atoms with E-state index in [4.69, 9.17) is 11.6 Å². The van der Waals surface area contributed by atoms with Gasteiger partial charge in [0.25, 0.3) is 11.8 Å². The van der Waals surface area contributed by atoms with Crippen molar-refractivity contribution in [2.75, 3.05) is 26.2 Å². The number of benzene rings is 2. The van der Waals surface area contributed by atoms with Crippen LogP contribution in [0.1, 0.15) is 47.8 Å². The van der Waals surface area contributed by atoms with Gasteiger partial charge < -0.3 is 9.88 Å². The fourth-order valence-electron chi connectivity index (χ4n) is 5.31. The van der Waals surface area contributed by atoms with Crippen LogP contribution < -0.4 is 0 Å². The van der Waals surface area contributed by atoms with Gasteiger partial charge in [0.15, 0.2) is 0 Å². The first-order chi connectivity index (χ1) is 15.7. The molecule has 0 radical (unpaired) electrons. The number of H-pyrrole nitrogens is 1. The molecule has 0 unspecified atom stereocenters. The Kier molecular flexibility index (Phi) is 5.69. The van der Waals surface area contributed by atoms with Gasteiger partial charge in [-0.1, -0.05) is 35.9 Å². The van der Waals surface area contributed by atoms with Crippen molar-refractivity contribution in [3.05, 3.63) is 70.4 Å². The largest absolute Gasteiger partial charge is 0.351 e. The molecule has 3 heterocycles. The zero-order chi connectivity index (χ0) is 23.2. The zero-order valence-electron chi connectivity index (χ0n) is 18.7. The van der Waals surface area contributed by atoms with Crippen LogP contribution in [0.3, 0.4) is 0 Å². The molecule has 0 saturated carbocycles. The molecule has 2 aromatic carbocycles. The predicted molar refractivity (Wildman–Crippen MR) is 127 cm³/mol. The van der Waals surface area contributed by atoms with Crippen LogP contribution in [0.15, 0.2) is 48.5 Å². The number of carbonyl (C=O) groups excluding carboxylic acids is 1. The summed E-state index contributed by atoms with van der Waals surface area (Å²) in [6.45, 7) is 5.20. The molecule has 0 aliphatic carbocycles. The highest BCUT2D eigenvalue weighted by molar-refractivity contribution is 6.31. The van der Waals surface area contributed by atoms with Crippen LogP contribution in [0.25, 0.3) is 10.9 Å². The van der Waals surface area contributed by atoms with Crippen molar-refractivity contribution in [2.24, 2.45) is 5.41 Å². The van der Waals surface area contributed by atoms with E-state index < -0.39 is 5.92 Å². The van der Waals surface area contributed by atoms with Crippen molar-refractivity contribution in [2.45, 2.75) is 38.7 Å². The minimum Gasteiger partial charge on any atom is -0.351 e. The van der Waals surface area contributed by atoms with E-state index in [2.05, 4.69) is 9.88 Å². The molecule has 174 valence electrons. The van der Waals surface area contributed by atoms with Gasteiger partial charge >= 0.3 is 0 Å². The molecule has 1 N–H and O–H groups in total. The zero-order valence-corrected chi connectivity index (χ0v) is 19.5. The van der Waals surface area contributed by atoms with Gasteiger partial charge in [-0.2, -0.15) is 0 Å². The summed E-state index contributed by atoms with van der Waals surface area (Å²) in [5.74, 6) is -2.76. The molecule has 2 saturated heterocycles. The molecule has 1 spiro atoms. The topological polar surface area (TPSA) is 39.3 Å². The number of halogens is 3. The van der Waals surface area contributed by atoms with Gasteiger partial charge in [0.2, 0.25) is 0 Å². The third-order valence-electron chi connectivity index (χ3n) is 7.31. The Morgan fingerprint density at radius 3 is 2.45 bits per heavy atom. The molecule has 5 rings (SSSR count). The number of hydrogen-bond donors (Lipinski definition) is 1. The van der Waals surface area contributed by atoms with E-state index in [0.717, 1.165) is 75.4 Å². The minimum absolute atomic E-state index is 0.0415. The number of carbonyl (C=O) groups is 1. The summed E-state index contributed by atoms with van der Waals surface area (Å²) in [6, 6.07) is 14.1. The van der Waals surface area contributed by atoms with Gasteiger partial charge in [0.1, 0.15) is 5.69 Å². The molecule has 1 amide bonds. The van der Waals surface area contributed by atoms with Crippen LogP contribution in [-0.4, -0.2) is 46.9 Å². The van der Waals surface area contributed by atoms with Crippen LogP contribution in [0, 0.1) is 5.41 Å². The Hall–Kier alpha value is -2.44. The Labute approximate surface area is 197 Å². The van der Waals surface area contributed by atoms with Crippen molar-refractivity contribution >= 4 is 28.4 Å². The molecule has 0 bridgehead atoms. The van der Waals surface area contributed by atoms with Gasteiger partial charge in [0, 0.05) is 54.6 Å². The number of fused-ring (bicyclic) bond motifs is 1. The first-order valence-corrected chi connectivity index (χ1v) is 11.9. The smallest absolute Gasteiger partial charge is 0.270 e. The van der Waals surface area contributed by atoms with Crippen LogP contribution in [-0.2, 0) is 12.5 Å². The van der Waals surface area contributed by atoms with Crippen LogP contribution in [0.5, 0.6) is 0 Å². The second-order valence-corrected chi connectivity index (χ2v) is 10.2. The van der Waals surface area contributed by atoms with E-state index in [1.165, 1.54) is 12.1 Å². The number of likely N-dealkylation sites (tertiary alicyclic amines) is 2. The van der Waals surface area contributed by atoms with Crippen molar-refractivity contribution in [3.63, 3.8) is 0 Å². The second-order valence-electron chi connectivity index (χ2n) is 9.75. The SMILES string of the molecule is CC(F)(F)c1ccc(CN2CCC3(CCN(C(=O)c4cc5cc(Cl)ccc5[nH]4)CC3)C2)cc1. The number of hydrogen-bond acceptors (Lipinski definition) is 2. The summed E-state index contributed by atoms with van der Waals surface area (Å²) >= 11 is 6.07. The fourth-order valence-corrected chi connectivity index (χ4v) is 5.49. The number of aromatic amines is 1. The molecule has 7 heteroatoms. The Balaban J connectivity index is 1.18. The lowest BCUT2D eigenvalue weighted by Gasteiger charge is -2.39. The van der Waals surface area contributed by atoms with Crippen molar-refractivity contribution in [1.82, 2.24) is 14.8 Å². The molecule has 0 atom stereocenters. The minimum atomic E-state index is -2.80. The first kappa shape index (κ1) is 22.4. The maximum Gasteiger partial charge on any atom is 0.270 e. The quantitative estimate of drug-likeness (QED) is 0.502. The normalized spacial score (nSPS) is 19.0. The monoisotopic (exact) mass is 471 g/mol. The molecule has 3 aromatic rings. The summed E-state index contributed by atoms with van der Waals surface area (Å²) in [5.41, 5.74) is 2.88. The Morgan fingerprint density at radius 1 is 1.06 bits per heavy atom. The average Bonchev–Trinajstić information content (AvgIpc) is 3.37. The number of rotatable bonds is 4. The molecule has 2 aliphatic rings. The molecular formula is C26H28ClF2N3O. The maximum absolute atomic E-state index is 13.5. The number of nitrogens with zero attached hydrogens (tertiary/aromatic N) is 2. The lowest BCUT2D eigenvalue weighted by Crippen LogP contribution is -2.44. The van der Waals surface area contributed by atoms with Crippen LogP contribution >= 0.6 is 11.6 Å². The highest BCUT2D eigenvalue weighted by Gasteiger charge is 2.41. The maximum atomic E-state index is 13.5. The Morgan fingerprint density at radius 2 is 1.76 bits per heavy atom. The standard InChI is InChI=1S/C26H28ClF2N3O/c1-25(28,29)20-4-2-18(3-5-20)16-31-11-8-26(17-31)9-12-32(13-10-26)24(33)23-15-19-14-21(27)6-7-22(19)30-23/h2-7,14-15,30H,8-13,16-17H2,1H3. The molecule has 2 aliphatic heterocycles. The highest BCUT2D eigenvalue weighted by atomic mass is 35.5. The van der Waals surface area contributed by atoms with Gasteiger partial charge in [-0.3, -0.25) is 9.69 Å². The molecule has 2 fully saturated rings. The van der Waals surface area contributed by atoms with Crippen molar-refractivity contribution in [3.8, 4) is 0 Å². The summed E-state index contributed by atoms with van der Waals surface area (Å²) in [7, 11) is 0. The van der Waals surface area contributed by atoms with Gasteiger partial charge in [-0.15, -0.1) is 0 Å². The number of amides is 1. The molecule has 4 nitrogen and oxygen atoms in total. The molecule has 33 heavy (non-hydrogen) atoms. The summed E-state index contributed by atoms with van der Waals surface area (Å²) in [5, 5.41) is 1.60. The van der Waals surface area contributed by atoms with E-state index in [9.17, 15) is 13.6 Å². The summed E-state index contributed by atoms with van der Waals surface area (Å²) in [4.78, 5) is 20.6. The third-order valence-corrected chi connectivity index (χ3v) is 7.54. The lowest BCUT2D eigenvalue weighted by atomic mass is 9.77. The number of alkyl halides is 2. The fraction of sp³-hybridized carbons (Fsp3) is 0.423. The summed E-state index contributed by atoms with van der Waals surface area (Å²) < 4.78 is 26.9. The van der Waals surface area contributed by atoms with Gasteiger partial charge in [-0.25, -0.2) is 8.78 Å². The van der Waals surface area contributed by atoms with Gasteiger partial charge in [-0.05, 0) is 61.1 Å². The van der Waals surface area contributed by atoms with E-state index in [1.54, 1.807) is 0 Å². The Bertz CT molecular complexity index is 1160. The van der Waals surface area contributed by atoms with E-state index in [1.807, 2.05) is 41.3 Å². The van der Waals surface area contributed by atoms with E-state index >= 15 is 0 Å². The summed E-state index contributed by atoms with van der Waals surface area (Å²) in [6.07, 6.45) is 3.09. The number of aromatic nitrogens is 1. The first-order valence-electron chi connectivity index (χ1n) is 11.5. The van der Waals surface area contributed by atoms with E-state index in [0.29, 0.717) is 10.7 Å². The second kappa shape index (κ2) is 8.41. The predicted octanol–water partition coefficient (Wildman–Crippen LogP) is 6.06. The molecular weight excluding hydrogens is 444 g/mol. The number of nitrogens with one attached hydrogen (secondary N) is 1. The lowest BCUT2D eigenvalue weighted by molar-refractivity contribution is 0.0174. The van der Waals surface area contributed by atoms with Crippen molar-refractivity contribution in [1.29, 1.82) is 0 Å². The number of piperidine rings is 1. The van der Waals surface area contributed by atoms with Crippen LogP contribution in [0.4, 0.5) is 8.78 Å². The van der Waals surface area contributed by atoms with Gasteiger partial charge in [0.05, 0.1) is 0 Å². The van der Waals surface area contributed by atoms with Crippen LogP contribution in [0.2, 0.25) is 5.02 Å².